The monoisotopic (exact) mass is 432 g/mol. The number of morpholine rings is 1. The van der Waals surface area contributed by atoms with Crippen LogP contribution in [-0.2, 0) is 16.1 Å². The summed E-state index contributed by atoms with van der Waals surface area (Å²) in [6, 6.07) is 0. The second-order valence-electron chi connectivity index (χ2n) is 5.92. The van der Waals surface area contributed by atoms with Gasteiger partial charge in [0, 0.05) is 51.2 Å². The highest BCUT2D eigenvalue weighted by atomic mass is 35.5. The largest absolute Gasteiger partial charge is 0.375 e. The van der Waals surface area contributed by atoms with Crippen LogP contribution in [0.1, 0.15) is 17.1 Å². The molecule has 1 N–H and O–H groups in total. The zero-order valence-electron chi connectivity index (χ0n) is 14.3. The third kappa shape index (κ3) is 7.54. The maximum atomic E-state index is 12.3. The fraction of sp³-hybridized carbons (Fsp3) is 0.733. The van der Waals surface area contributed by atoms with Gasteiger partial charge in [0.1, 0.15) is 0 Å². The standard InChI is InChI=1S/C15H24N4O2S.3ClH/c1-12-17-13(11-22-12)10-18-3-5-19(6-4-18)15(20)8-14-9-16-2-7-21-14;;;/h11,14,16H,2-10H2,1H3;3*1H. The normalized spacial score (nSPS) is 20.8. The Bertz CT molecular complexity index is 507. The smallest absolute Gasteiger partial charge is 0.225 e. The minimum Gasteiger partial charge on any atom is -0.375 e. The minimum atomic E-state index is 0. The lowest BCUT2D eigenvalue weighted by Crippen LogP contribution is -2.50. The lowest BCUT2D eigenvalue weighted by molar-refractivity contribution is -0.136. The molecule has 0 radical (unpaired) electrons. The van der Waals surface area contributed by atoms with E-state index in [-0.39, 0.29) is 49.2 Å². The Kier molecular flexibility index (Phi) is 12.2. The molecule has 1 amide bonds. The van der Waals surface area contributed by atoms with E-state index in [1.807, 2.05) is 11.8 Å². The van der Waals surface area contributed by atoms with Gasteiger partial charge >= 0.3 is 0 Å². The van der Waals surface area contributed by atoms with Crippen molar-refractivity contribution in [2.24, 2.45) is 0 Å². The molecule has 0 aromatic carbocycles. The van der Waals surface area contributed by atoms with E-state index in [2.05, 4.69) is 20.6 Å². The number of amides is 1. The molecule has 1 unspecified atom stereocenters. The molecule has 2 fully saturated rings. The first-order valence-corrected chi connectivity index (χ1v) is 8.82. The van der Waals surface area contributed by atoms with E-state index in [0.29, 0.717) is 13.0 Å². The van der Waals surface area contributed by atoms with Crippen LogP contribution in [0.5, 0.6) is 0 Å². The third-order valence-electron chi connectivity index (χ3n) is 4.18. The number of halogens is 3. The molecule has 0 bridgehead atoms. The van der Waals surface area contributed by atoms with Crippen molar-refractivity contribution in [2.45, 2.75) is 26.0 Å². The summed E-state index contributed by atoms with van der Waals surface area (Å²) < 4.78 is 5.61. The van der Waals surface area contributed by atoms with E-state index >= 15 is 0 Å². The molecule has 146 valence electrons. The number of thiazole rings is 1. The van der Waals surface area contributed by atoms with Gasteiger partial charge in [-0.05, 0) is 6.92 Å². The van der Waals surface area contributed by atoms with Crippen molar-refractivity contribution in [3.8, 4) is 0 Å². The summed E-state index contributed by atoms with van der Waals surface area (Å²) in [7, 11) is 0. The highest BCUT2D eigenvalue weighted by molar-refractivity contribution is 7.09. The lowest BCUT2D eigenvalue weighted by atomic mass is 10.2. The number of rotatable bonds is 4. The molecule has 1 aromatic heterocycles. The molecule has 0 saturated carbocycles. The number of carbonyl (C=O) groups excluding carboxylic acids is 1. The van der Waals surface area contributed by atoms with E-state index in [1.165, 1.54) is 0 Å². The Morgan fingerprint density at radius 3 is 2.60 bits per heavy atom. The van der Waals surface area contributed by atoms with Gasteiger partial charge in [-0.15, -0.1) is 48.6 Å². The molecular weight excluding hydrogens is 407 g/mol. The summed E-state index contributed by atoms with van der Waals surface area (Å²) >= 11 is 1.70. The Balaban J connectivity index is 0.00000192. The highest BCUT2D eigenvalue weighted by Crippen LogP contribution is 2.13. The summed E-state index contributed by atoms with van der Waals surface area (Å²) in [6.45, 7) is 8.77. The van der Waals surface area contributed by atoms with E-state index in [4.69, 9.17) is 4.74 Å². The average molecular weight is 434 g/mol. The van der Waals surface area contributed by atoms with Gasteiger partial charge in [-0.1, -0.05) is 0 Å². The number of piperazine rings is 1. The number of hydrogen-bond acceptors (Lipinski definition) is 6. The van der Waals surface area contributed by atoms with Crippen LogP contribution in [0.4, 0.5) is 0 Å². The molecule has 10 heteroatoms. The van der Waals surface area contributed by atoms with Gasteiger partial charge in [0.05, 0.1) is 29.8 Å². The van der Waals surface area contributed by atoms with Crippen LogP contribution >= 0.6 is 48.6 Å². The van der Waals surface area contributed by atoms with Crippen LogP contribution in [0.15, 0.2) is 5.38 Å². The second-order valence-corrected chi connectivity index (χ2v) is 6.98. The maximum Gasteiger partial charge on any atom is 0.225 e. The molecule has 25 heavy (non-hydrogen) atoms. The summed E-state index contributed by atoms with van der Waals surface area (Å²) in [5.41, 5.74) is 1.14. The molecule has 3 rings (SSSR count). The molecule has 6 nitrogen and oxygen atoms in total. The van der Waals surface area contributed by atoms with Crippen LogP contribution in [0.2, 0.25) is 0 Å². The Hall–Kier alpha value is -0.150. The van der Waals surface area contributed by atoms with Gasteiger partial charge in [-0.25, -0.2) is 4.98 Å². The molecule has 1 aromatic rings. The summed E-state index contributed by atoms with van der Waals surface area (Å²) in [4.78, 5) is 21.2. The van der Waals surface area contributed by atoms with Gasteiger partial charge in [0.15, 0.2) is 0 Å². The summed E-state index contributed by atoms with van der Waals surface area (Å²) in [5.74, 6) is 0.220. The van der Waals surface area contributed by atoms with Crippen molar-refractivity contribution < 1.29 is 9.53 Å². The molecule has 2 aliphatic rings. The molecule has 2 saturated heterocycles. The predicted octanol–water partition coefficient (Wildman–Crippen LogP) is 1.74. The number of nitrogens with zero attached hydrogens (tertiary/aromatic N) is 3. The van der Waals surface area contributed by atoms with Crippen LogP contribution in [0, 0.1) is 6.92 Å². The van der Waals surface area contributed by atoms with Crippen LogP contribution in [0.3, 0.4) is 0 Å². The van der Waals surface area contributed by atoms with Crippen molar-refractivity contribution in [1.29, 1.82) is 0 Å². The van der Waals surface area contributed by atoms with E-state index in [1.54, 1.807) is 11.3 Å². The molecule has 0 aliphatic carbocycles. The first-order chi connectivity index (χ1) is 10.7. The van der Waals surface area contributed by atoms with Gasteiger partial charge in [-0.3, -0.25) is 9.69 Å². The lowest BCUT2D eigenvalue weighted by Gasteiger charge is -2.35. The van der Waals surface area contributed by atoms with Gasteiger partial charge < -0.3 is 15.0 Å². The van der Waals surface area contributed by atoms with Crippen molar-refractivity contribution in [2.75, 3.05) is 45.9 Å². The molecule has 1 atom stereocenters. The SMILES string of the molecule is Cc1nc(CN2CCN(C(=O)CC3CNCCO3)CC2)cs1.Cl.Cl.Cl. The van der Waals surface area contributed by atoms with Crippen molar-refractivity contribution in [1.82, 2.24) is 20.1 Å². The van der Waals surface area contributed by atoms with Gasteiger partial charge in [0.2, 0.25) is 5.91 Å². The third-order valence-corrected chi connectivity index (χ3v) is 5.01. The Morgan fingerprint density at radius 2 is 2.04 bits per heavy atom. The molecule has 2 aliphatic heterocycles. The van der Waals surface area contributed by atoms with Crippen LogP contribution in [0.25, 0.3) is 0 Å². The Labute approximate surface area is 171 Å². The van der Waals surface area contributed by atoms with E-state index in [0.717, 1.165) is 56.5 Å². The Morgan fingerprint density at radius 1 is 1.32 bits per heavy atom. The quantitative estimate of drug-likeness (QED) is 0.784. The van der Waals surface area contributed by atoms with Crippen LogP contribution in [-0.4, -0.2) is 72.7 Å². The first-order valence-electron chi connectivity index (χ1n) is 7.94. The topological polar surface area (TPSA) is 57.7 Å². The summed E-state index contributed by atoms with van der Waals surface area (Å²) in [6.07, 6.45) is 0.537. The minimum absolute atomic E-state index is 0. The fourth-order valence-electron chi connectivity index (χ4n) is 2.94. The van der Waals surface area contributed by atoms with Crippen molar-refractivity contribution in [3.63, 3.8) is 0 Å². The zero-order chi connectivity index (χ0) is 15.4. The maximum absolute atomic E-state index is 12.3. The molecular formula is C15H27Cl3N4O2S. The fourth-order valence-corrected chi connectivity index (χ4v) is 3.54. The van der Waals surface area contributed by atoms with Gasteiger partial charge in [0.25, 0.3) is 0 Å². The first kappa shape index (κ1) is 24.8. The average Bonchev–Trinajstić information content (AvgIpc) is 2.94. The number of aromatic nitrogens is 1. The van der Waals surface area contributed by atoms with Crippen molar-refractivity contribution in [3.05, 3.63) is 16.1 Å². The second kappa shape index (κ2) is 12.3. The van der Waals surface area contributed by atoms with Gasteiger partial charge in [-0.2, -0.15) is 0 Å². The molecule has 0 spiro atoms. The number of hydrogen-bond donors (Lipinski definition) is 1. The predicted molar refractivity (Wildman–Crippen MR) is 108 cm³/mol. The highest BCUT2D eigenvalue weighted by Gasteiger charge is 2.25. The number of nitrogens with one attached hydrogen (secondary N) is 1. The van der Waals surface area contributed by atoms with E-state index < -0.39 is 0 Å². The molecule has 3 heterocycles. The number of carbonyl (C=O) groups is 1. The van der Waals surface area contributed by atoms with Crippen molar-refractivity contribution >= 4 is 54.5 Å². The van der Waals surface area contributed by atoms with Crippen LogP contribution < -0.4 is 5.32 Å². The number of ether oxygens (including phenoxy) is 1. The summed E-state index contributed by atoms with van der Waals surface area (Å²) in [5, 5.41) is 6.51. The number of aryl methyl sites for hydroxylation is 1. The van der Waals surface area contributed by atoms with E-state index in [9.17, 15) is 4.79 Å². The zero-order valence-corrected chi connectivity index (χ0v) is 17.6.